The number of rotatable bonds is 9. The van der Waals surface area contributed by atoms with Gasteiger partial charge in [0.2, 0.25) is 0 Å². The number of hydrogen-bond donors (Lipinski definition) is 1. The van der Waals surface area contributed by atoms with Gasteiger partial charge in [-0.25, -0.2) is 26.6 Å². The van der Waals surface area contributed by atoms with Crippen molar-refractivity contribution >= 4 is 26.9 Å². The normalized spacial score (nSPS) is 12.0. The predicted octanol–water partition coefficient (Wildman–Crippen LogP) is 5.30. The van der Waals surface area contributed by atoms with E-state index in [4.69, 9.17) is 0 Å². The third kappa shape index (κ3) is 5.74. The number of sulfone groups is 1. The first-order valence-corrected chi connectivity index (χ1v) is 12.9. The lowest BCUT2D eigenvalue weighted by Crippen LogP contribution is -2.27. The van der Waals surface area contributed by atoms with E-state index in [1.807, 2.05) is 32.7 Å². The minimum atomic E-state index is -4.13. The first kappa shape index (κ1) is 25.2. The summed E-state index contributed by atoms with van der Waals surface area (Å²) in [4.78, 5) is 5.20. The van der Waals surface area contributed by atoms with Crippen LogP contribution >= 0.6 is 11.3 Å². The molecule has 0 bridgehead atoms. The van der Waals surface area contributed by atoms with Crippen molar-refractivity contribution in [3.63, 3.8) is 0 Å². The molecule has 1 aromatic heterocycles. The molecule has 0 aliphatic carbocycles. The minimum Gasteiger partial charge on any atom is -0.378 e. The molecule has 0 aliphatic heterocycles. The third-order valence-electron chi connectivity index (χ3n) is 5.56. The number of benzene rings is 2. The molecule has 5 nitrogen and oxygen atoms in total. The van der Waals surface area contributed by atoms with Crippen LogP contribution in [0.4, 0.5) is 18.9 Å². The monoisotopic (exact) mass is 497 g/mol. The van der Waals surface area contributed by atoms with E-state index in [2.05, 4.69) is 10.3 Å². The number of thiazole rings is 1. The highest BCUT2D eigenvalue weighted by atomic mass is 32.2. The predicted molar refractivity (Wildman–Crippen MR) is 124 cm³/mol. The smallest absolute Gasteiger partial charge is 0.187 e. The number of aromatic nitrogens is 1. The van der Waals surface area contributed by atoms with Gasteiger partial charge in [0.1, 0.15) is 10.7 Å². The van der Waals surface area contributed by atoms with Crippen LogP contribution in [0.2, 0.25) is 0 Å². The maximum atomic E-state index is 14.8. The van der Waals surface area contributed by atoms with Gasteiger partial charge < -0.3 is 5.32 Å². The van der Waals surface area contributed by atoms with Gasteiger partial charge >= 0.3 is 0 Å². The molecular weight excluding hydrogens is 471 g/mol. The highest BCUT2D eigenvalue weighted by Gasteiger charge is 2.25. The molecule has 0 spiro atoms. The van der Waals surface area contributed by atoms with E-state index in [0.29, 0.717) is 12.1 Å². The third-order valence-corrected chi connectivity index (χ3v) is 7.85. The molecule has 3 aromatic rings. The van der Waals surface area contributed by atoms with Gasteiger partial charge in [0.15, 0.2) is 21.5 Å². The van der Waals surface area contributed by atoms with Gasteiger partial charge in [-0.3, -0.25) is 4.90 Å². The maximum Gasteiger partial charge on any atom is 0.187 e. The minimum absolute atomic E-state index is 0.0872. The van der Waals surface area contributed by atoms with E-state index in [0.717, 1.165) is 23.3 Å². The van der Waals surface area contributed by atoms with Crippen LogP contribution in [-0.4, -0.2) is 31.4 Å². The SMILES string of the molecule is Cc1ccc(F)c(CNc2ccc(S(=O)(=O)Cc3cscn3)c(F)c2F)c1CN(C)C(C)C. The van der Waals surface area contributed by atoms with Crippen molar-refractivity contribution in [1.29, 1.82) is 0 Å². The van der Waals surface area contributed by atoms with Gasteiger partial charge in [-0.15, -0.1) is 11.3 Å². The standard InChI is InChI=1S/C23H26F3N3O2S2/c1-14(2)29(4)10-18-15(3)5-6-19(24)17(18)9-27-20-7-8-21(23(26)22(20)25)33(30,31)12-16-11-32-13-28-16/h5-8,11,13-14,27H,9-10,12H2,1-4H3. The first-order valence-electron chi connectivity index (χ1n) is 10.3. The van der Waals surface area contributed by atoms with Gasteiger partial charge in [-0.2, -0.15) is 0 Å². The van der Waals surface area contributed by atoms with E-state index in [1.165, 1.54) is 28.3 Å². The van der Waals surface area contributed by atoms with Crippen molar-refractivity contribution in [3.8, 4) is 0 Å². The molecule has 0 unspecified atom stereocenters. The molecule has 3 rings (SSSR count). The highest BCUT2D eigenvalue weighted by molar-refractivity contribution is 7.90. The Morgan fingerprint density at radius 1 is 1.09 bits per heavy atom. The molecule has 0 saturated carbocycles. The Hall–Kier alpha value is -2.43. The fourth-order valence-electron chi connectivity index (χ4n) is 3.30. The van der Waals surface area contributed by atoms with Gasteiger partial charge in [-0.1, -0.05) is 6.07 Å². The van der Waals surface area contributed by atoms with Crippen molar-refractivity contribution < 1.29 is 21.6 Å². The first-order chi connectivity index (χ1) is 15.5. The fourth-order valence-corrected chi connectivity index (χ4v) is 5.30. The lowest BCUT2D eigenvalue weighted by atomic mass is 10.00. The lowest BCUT2D eigenvalue weighted by Gasteiger charge is -2.24. The molecule has 178 valence electrons. The molecule has 0 atom stereocenters. The molecule has 2 aromatic carbocycles. The summed E-state index contributed by atoms with van der Waals surface area (Å²) in [7, 11) is -2.20. The van der Waals surface area contributed by atoms with Crippen LogP contribution in [0.25, 0.3) is 0 Å². The van der Waals surface area contributed by atoms with E-state index in [1.54, 1.807) is 6.07 Å². The van der Waals surface area contributed by atoms with Crippen LogP contribution in [0.5, 0.6) is 0 Å². The Kier molecular flexibility index (Phi) is 7.81. The van der Waals surface area contributed by atoms with Gasteiger partial charge in [0, 0.05) is 30.1 Å². The van der Waals surface area contributed by atoms with Crippen molar-refractivity contribution in [1.82, 2.24) is 9.88 Å². The molecule has 0 fully saturated rings. The Bertz CT molecular complexity index is 1230. The average molecular weight is 498 g/mol. The van der Waals surface area contributed by atoms with Crippen molar-refractivity contribution in [2.45, 2.75) is 50.6 Å². The molecule has 0 aliphatic rings. The zero-order valence-corrected chi connectivity index (χ0v) is 20.5. The Balaban J connectivity index is 1.86. The van der Waals surface area contributed by atoms with E-state index >= 15 is 0 Å². The summed E-state index contributed by atoms with van der Waals surface area (Å²) < 4.78 is 69.2. The van der Waals surface area contributed by atoms with E-state index in [9.17, 15) is 21.6 Å². The zero-order valence-electron chi connectivity index (χ0n) is 18.8. The van der Waals surface area contributed by atoms with Gasteiger partial charge in [0.25, 0.3) is 0 Å². The van der Waals surface area contributed by atoms with Crippen LogP contribution in [0.15, 0.2) is 40.1 Å². The van der Waals surface area contributed by atoms with Crippen LogP contribution in [0, 0.1) is 24.4 Å². The second kappa shape index (κ2) is 10.2. The average Bonchev–Trinajstić information content (AvgIpc) is 3.25. The van der Waals surface area contributed by atoms with Crippen LogP contribution in [-0.2, 0) is 28.7 Å². The topological polar surface area (TPSA) is 62.3 Å². The fraction of sp³-hybridized carbons (Fsp3) is 0.348. The summed E-state index contributed by atoms with van der Waals surface area (Å²) in [6.45, 7) is 6.32. The Morgan fingerprint density at radius 3 is 2.45 bits per heavy atom. The Morgan fingerprint density at radius 2 is 1.82 bits per heavy atom. The summed E-state index contributed by atoms with van der Waals surface area (Å²) in [6.07, 6.45) is 0. The number of aryl methyl sites for hydroxylation is 1. The largest absolute Gasteiger partial charge is 0.378 e. The molecule has 1 heterocycles. The molecule has 33 heavy (non-hydrogen) atoms. The van der Waals surface area contributed by atoms with Crippen LogP contribution < -0.4 is 5.32 Å². The number of nitrogens with zero attached hydrogens (tertiary/aromatic N) is 2. The molecule has 0 amide bonds. The Labute approximate surface area is 196 Å². The summed E-state index contributed by atoms with van der Waals surface area (Å²) in [5, 5.41) is 4.26. The second-order valence-corrected chi connectivity index (χ2v) is 10.8. The van der Waals surface area contributed by atoms with Crippen LogP contribution in [0.1, 0.15) is 36.2 Å². The molecule has 0 saturated heterocycles. The molecular formula is C23H26F3N3O2S2. The number of hydrogen-bond acceptors (Lipinski definition) is 6. The van der Waals surface area contributed by atoms with Gasteiger partial charge in [-0.05, 0) is 57.1 Å². The van der Waals surface area contributed by atoms with E-state index in [-0.39, 0.29) is 24.0 Å². The van der Waals surface area contributed by atoms with Crippen molar-refractivity contribution in [2.24, 2.45) is 0 Å². The zero-order chi connectivity index (χ0) is 24.3. The van der Waals surface area contributed by atoms with Gasteiger partial charge in [0.05, 0.1) is 22.6 Å². The van der Waals surface area contributed by atoms with E-state index < -0.39 is 37.9 Å². The summed E-state index contributed by atoms with van der Waals surface area (Å²) in [5.74, 6) is -3.78. The van der Waals surface area contributed by atoms with Crippen molar-refractivity contribution in [2.75, 3.05) is 12.4 Å². The highest BCUT2D eigenvalue weighted by Crippen LogP contribution is 2.28. The lowest BCUT2D eigenvalue weighted by molar-refractivity contribution is 0.264. The second-order valence-electron chi connectivity index (χ2n) is 8.16. The number of nitrogens with one attached hydrogen (secondary N) is 1. The van der Waals surface area contributed by atoms with Crippen LogP contribution in [0.3, 0.4) is 0 Å². The summed E-state index contributed by atoms with van der Waals surface area (Å²) in [6, 6.07) is 5.43. The molecule has 10 heteroatoms. The molecule has 0 radical (unpaired) electrons. The number of halogens is 3. The number of anilines is 1. The maximum absolute atomic E-state index is 14.8. The molecule has 1 N–H and O–H groups in total. The quantitative estimate of drug-likeness (QED) is 0.435. The van der Waals surface area contributed by atoms with Crippen molar-refractivity contribution in [3.05, 3.63) is 75.0 Å². The summed E-state index contributed by atoms with van der Waals surface area (Å²) in [5.41, 5.74) is 3.48. The summed E-state index contributed by atoms with van der Waals surface area (Å²) >= 11 is 1.21.